The summed E-state index contributed by atoms with van der Waals surface area (Å²) in [5.74, 6) is -0.991. The Labute approximate surface area is 111 Å². The SMILES string of the molecule is NC(Cc1ccc(N2CCCC2)c(Cl)c1)C(=O)O. The molecular weight excluding hydrogens is 252 g/mol. The summed E-state index contributed by atoms with van der Waals surface area (Å²) in [6.07, 6.45) is 2.69. The molecule has 1 unspecified atom stereocenters. The van der Waals surface area contributed by atoms with Crippen molar-refractivity contribution in [1.29, 1.82) is 0 Å². The maximum Gasteiger partial charge on any atom is 0.320 e. The number of halogens is 1. The molecule has 0 saturated carbocycles. The second kappa shape index (κ2) is 5.59. The fourth-order valence-corrected chi connectivity index (χ4v) is 2.56. The van der Waals surface area contributed by atoms with E-state index in [-0.39, 0.29) is 0 Å². The van der Waals surface area contributed by atoms with Gasteiger partial charge in [-0.1, -0.05) is 17.7 Å². The Morgan fingerprint density at radius 1 is 1.44 bits per heavy atom. The third-order valence-corrected chi connectivity index (χ3v) is 3.53. The molecule has 1 aliphatic rings. The first-order valence-corrected chi connectivity index (χ1v) is 6.47. The number of hydrogen-bond donors (Lipinski definition) is 2. The molecule has 1 aromatic rings. The Hall–Kier alpha value is -1.26. The predicted molar refractivity (Wildman–Crippen MR) is 72.2 cm³/mol. The van der Waals surface area contributed by atoms with Gasteiger partial charge >= 0.3 is 5.97 Å². The zero-order valence-electron chi connectivity index (χ0n) is 10.1. The van der Waals surface area contributed by atoms with E-state index in [1.807, 2.05) is 18.2 Å². The molecule has 0 amide bonds. The largest absolute Gasteiger partial charge is 0.480 e. The van der Waals surface area contributed by atoms with Gasteiger partial charge in [-0.05, 0) is 37.0 Å². The lowest BCUT2D eigenvalue weighted by atomic mass is 10.1. The molecule has 0 aliphatic carbocycles. The number of carboxylic acids is 1. The third-order valence-electron chi connectivity index (χ3n) is 3.23. The molecule has 0 spiro atoms. The molecule has 0 bridgehead atoms. The average molecular weight is 269 g/mol. The van der Waals surface area contributed by atoms with Gasteiger partial charge in [0, 0.05) is 13.1 Å². The van der Waals surface area contributed by atoms with Gasteiger partial charge in [0.25, 0.3) is 0 Å². The molecule has 4 nitrogen and oxygen atoms in total. The lowest BCUT2D eigenvalue weighted by Crippen LogP contribution is -2.32. The van der Waals surface area contributed by atoms with Crippen molar-refractivity contribution in [1.82, 2.24) is 0 Å². The minimum Gasteiger partial charge on any atom is -0.480 e. The van der Waals surface area contributed by atoms with Gasteiger partial charge < -0.3 is 15.7 Å². The van der Waals surface area contributed by atoms with Crippen LogP contribution in [0.5, 0.6) is 0 Å². The van der Waals surface area contributed by atoms with Crippen molar-refractivity contribution in [2.45, 2.75) is 25.3 Å². The van der Waals surface area contributed by atoms with Crippen molar-refractivity contribution >= 4 is 23.3 Å². The second-order valence-corrected chi connectivity index (χ2v) is 5.04. The number of aliphatic carboxylic acids is 1. The lowest BCUT2D eigenvalue weighted by Gasteiger charge is -2.19. The summed E-state index contributed by atoms with van der Waals surface area (Å²) >= 11 is 6.24. The van der Waals surface area contributed by atoms with Crippen LogP contribution in [-0.4, -0.2) is 30.2 Å². The molecule has 0 aromatic heterocycles. The molecule has 1 heterocycles. The van der Waals surface area contributed by atoms with E-state index in [1.54, 1.807) is 0 Å². The van der Waals surface area contributed by atoms with Crippen LogP contribution >= 0.6 is 11.6 Å². The summed E-state index contributed by atoms with van der Waals surface area (Å²) < 4.78 is 0. The Bertz CT molecular complexity index is 445. The highest BCUT2D eigenvalue weighted by molar-refractivity contribution is 6.33. The molecular formula is C13H17ClN2O2. The van der Waals surface area contributed by atoms with Gasteiger partial charge in [0.2, 0.25) is 0 Å². The summed E-state index contributed by atoms with van der Waals surface area (Å²) in [6, 6.07) is 4.80. The number of hydrogen-bond acceptors (Lipinski definition) is 3. The fraction of sp³-hybridized carbons (Fsp3) is 0.462. The number of carbonyl (C=O) groups is 1. The van der Waals surface area contributed by atoms with Crippen LogP contribution in [0.2, 0.25) is 5.02 Å². The smallest absolute Gasteiger partial charge is 0.320 e. The summed E-state index contributed by atoms with van der Waals surface area (Å²) in [5, 5.41) is 9.45. The summed E-state index contributed by atoms with van der Waals surface area (Å²) in [4.78, 5) is 13.0. The van der Waals surface area contributed by atoms with E-state index >= 15 is 0 Å². The van der Waals surface area contributed by atoms with Crippen LogP contribution in [0.15, 0.2) is 18.2 Å². The first-order chi connectivity index (χ1) is 8.58. The quantitative estimate of drug-likeness (QED) is 0.875. The highest BCUT2D eigenvalue weighted by Gasteiger charge is 2.17. The van der Waals surface area contributed by atoms with Gasteiger partial charge in [-0.15, -0.1) is 0 Å². The highest BCUT2D eigenvalue weighted by Crippen LogP contribution is 2.29. The lowest BCUT2D eigenvalue weighted by molar-refractivity contribution is -0.138. The number of carboxylic acid groups (broad SMARTS) is 1. The van der Waals surface area contributed by atoms with Crippen LogP contribution in [0.25, 0.3) is 0 Å². The fourth-order valence-electron chi connectivity index (χ4n) is 2.23. The van der Waals surface area contributed by atoms with Crippen LogP contribution < -0.4 is 10.6 Å². The van der Waals surface area contributed by atoms with Crippen LogP contribution in [0.3, 0.4) is 0 Å². The minimum atomic E-state index is -0.991. The highest BCUT2D eigenvalue weighted by atomic mass is 35.5. The van der Waals surface area contributed by atoms with Crippen LogP contribution in [0.1, 0.15) is 18.4 Å². The second-order valence-electron chi connectivity index (χ2n) is 4.63. The molecule has 3 N–H and O–H groups in total. The number of anilines is 1. The van der Waals surface area contributed by atoms with Crippen LogP contribution in [0.4, 0.5) is 5.69 Å². The van der Waals surface area contributed by atoms with E-state index in [4.69, 9.17) is 22.4 Å². The topological polar surface area (TPSA) is 66.6 Å². The molecule has 1 atom stereocenters. The van der Waals surface area contributed by atoms with E-state index in [0.717, 1.165) is 24.3 Å². The molecule has 18 heavy (non-hydrogen) atoms. The Kier molecular flexibility index (Phi) is 4.09. The maximum absolute atomic E-state index is 10.7. The normalized spacial score (nSPS) is 16.9. The van der Waals surface area contributed by atoms with Gasteiger partial charge in [0.15, 0.2) is 0 Å². The van der Waals surface area contributed by atoms with Crippen molar-refractivity contribution in [2.24, 2.45) is 5.73 Å². The van der Waals surface area contributed by atoms with Gasteiger partial charge in [-0.3, -0.25) is 4.79 Å². The number of nitrogens with two attached hydrogens (primary N) is 1. The molecule has 1 aromatic carbocycles. The number of rotatable bonds is 4. The summed E-state index contributed by atoms with van der Waals surface area (Å²) in [6.45, 7) is 2.07. The van der Waals surface area contributed by atoms with Crippen molar-refractivity contribution in [3.63, 3.8) is 0 Å². The minimum absolute atomic E-state index is 0.301. The van der Waals surface area contributed by atoms with Gasteiger partial charge in [0.1, 0.15) is 6.04 Å². The predicted octanol–water partition coefficient (Wildman–Crippen LogP) is 1.89. The Morgan fingerprint density at radius 2 is 2.11 bits per heavy atom. The van der Waals surface area contributed by atoms with E-state index in [2.05, 4.69) is 4.90 Å². The van der Waals surface area contributed by atoms with Gasteiger partial charge in [-0.2, -0.15) is 0 Å². The van der Waals surface area contributed by atoms with E-state index < -0.39 is 12.0 Å². The molecule has 0 radical (unpaired) electrons. The molecule has 1 saturated heterocycles. The Balaban J connectivity index is 2.11. The molecule has 1 aliphatic heterocycles. The van der Waals surface area contributed by atoms with Gasteiger partial charge in [0.05, 0.1) is 10.7 Å². The van der Waals surface area contributed by atoms with E-state index in [0.29, 0.717) is 11.4 Å². The number of nitrogens with zero attached hydrogens (tertiary/aromatic N) is 1. The van der Waals surface area contributed by atoms with Crippen molar-refractivity contribution < 1.29 is 9.90 Å². The standard InChI is InChI=1S/C13H17ClN2O2/c14-10-7-9(8-11(15)13(17)18)3-4-12(10)16-5-1-2-6-16/h3-4,7,11H,1-2,5-6,8,15H2,(H,17,18). The zero-order chi connectivity index (χ0) is 13.1. The first kappa shape index (κ1) is 13.2. The van der Waals surface area contributed by atoms with Crippen molar-refractivity contribution in [3.05, 3.63) is 28.8 Å². The Morgan fingerprint density at radius 3 is 2.67 bits per heavy atom. The monoisotopic (exact) mass is 268 g/mol. The zero-order valence-corrected chi connectivity index (χ0v) is 10.9. The van der Waals surface area contributed by atoms with Crippen LogP contribution in [0, 0.1) is 0 Å². The van der Waals surface area contributed by atoms with Gasteiger partial charge in [-0.25, -0.2) is 0 Å². The number of benzene rings is 1. The molecule has 98 valence electrons. The first-order valence-electron chi connectivity index (χ1n) is 6.09. The van der Waals surface area contributed by atoms with E-state index in [9.17, 15) is 4.79 Å². The summed E-state index contributed by atoms with van der Waals surface area (Å²) in [7, 11) is 0. The molecule has 5 heteroatoms. The summed E-state index contributed by atoms with van der Waals surface area (Å²) in [5.41, 5.74) is 7.39. The average Bonchev–Trinajstić information content (AvgIpc) is 2.82. The maximum atomic E-state index is 10.7. The molecule has 2 rings (SSSR count). The van der Waals surface area contributed by atoms with Crippen molar-refractivity contribution in [3.8, 4) is 0 Å². The third kappa shape index (κ3) is 2.94. The van der Waals surface area contributed by atoms with Crippen molar-refractivity contribution in [2.75, 3.05) is 18.0 Å². The molecule has 1 fully saturated rings. The van der Waals surface area contributed by atoms with E-state index in [1.165, 1.54) is 12.8 Å². The van der Waals surface area contributed by atoms with Crippen LogP contribution in [-0.2, 0) is 11.2 Å².